The molecular formula is C27H40N8O3. The van der Waals surface area contributed by atoms with Crippen molar-refractivity contribution in [1.82, 2.24) is 29.6 Å². The lowest BCUT2D eigenvalue weighted by atomic mass is 9.90. The highest BCUT2D eigenvalue weighted by molar-refractivity contribution is 5.88. The van der Waals surface area contributed by atoms with Crippen LogP contribution in [0.25, 0.3) is 5.69 Å². The lowest BCUT2D eigenvalue weighted by Crippen LogP contribution is -2.53. The molecule has 0 bridgehead atoms. The molecule has 4 N–H and O–H groups in total. The van der Waals surface area contributed by atoms with Gasteiger partial charge in [0.1, 0.15) is 5.82 Å². The standard InChI is InChI=1S/C27H40N8O3/c1-3-32(22-10-6-21(28)7-11-22)19-20-4-8-23(9-5-20)35-13-12-24(31-27(35)38)30-26(37)34-16-14-33(15-17-34)25(36)18-29-2/h4-5,8-9,12-13,21-22,29H,3,6-7,10-11,14-19,28H2,1-2H3,(H,30,31,37,38)/t21-,22-. The van der Waals surface area contributed by atoms with Crippen LogP contribution in [0.3, 0.4) is 0 Å². The summed E-state index contributed by atoms with van der Waals surface area (Å²) in [6.07, 6.45) is 6.08. The molecule has 0 unspecified atom stereocenters. The molecule has 2 heterocycles. The minimum atomic E-state index is -0.466. The van der Waals surface area contributed by atoms with Gasteiger partial charge in [0, 0.05) is 51.0 Å². The van der Waals surface area contributed by atoms with Gasteiger partial charge in [-0.3, -0.25) is 19.6 Å². The van der Waals surface area contributed by atoms with Crippen LogP contribution in [0.2, 0.25) is 0 Å². The molecule has 1 aromatic heterocycles. The van der Waals surface area contributed by atoms with E-state index < -0.39 is 5.69 Å². The van der Waals surface area contributed by atoms with Crippen LogP contribution in [0, 0.1) is 0 Å². The number of nitrogens with one attached hydrogen (secondary N) is 2. The molecule has 1 aliphatic heterocycles. The second kappa shape index (κ2) is 13.0. The van der Waals surface area contributed by atoms with Gasteiger partial charge in [0.05, 0.1) is 12.2 Å². The van der Waals surface area contributed by atoms with E-state index in [9.17, 15) is 14.4 Å². The van der Waals surface area contributed by atoms with Gasteiger partial charge in [-0.1, -0.05) is 19.1 Å². The summed E-state index contributed by atoms with van der Waals surface area (Å²) in [6, 6.07) is 10.1. The molecule has 4 rings (SSSR count). The average molecular weight is 525 g/mol. The van der Waals surface area contributed by atoms with Crippen molar-refractivity contribution in [1.29, 1.82) is 0 Å². The molecule has 3 amide bonds. The summed E-state index contributed by atoms with van der Waals surface area (Å²) < 4.78 is 1.46. The number of carbonyl (C=O) groups is 2. The average Bonchev–Trinajstić information content (AvgIpc) is 2.93. The monoisotopic (exact) mass is 524 g/mol. The van der Waals surface area contributed by atoms with Crippen LogP contribution in [-0.4, -0.2) is 94.6 Å². The number of nitrogens with two attached hydrogens (primary N) is 1. The Bertz CT molecular complexity index is 1140. The number of hydrogen-bond acceptors (Lipinski definition) is 7. The van der Waals surface area contributed by atoms with E-state index in [0.717, 1.165) is 44.5 Å². The predicted octanol–water partition coefficient (Wildman–Crippen LogP) is 1.22. The summed E-state index contributed by atoms with van der Waals surface area (Å²) in [5, 5.41) is 5.55. The van der Waals surface area contributed by atoms with Gasteiger partial charge >= 0.3 is 11.7 Å². The molecule has 0 atom stereocenters. The van der Waals surface area contributed by atoms with E-state index in [1.807, 2.05) is 12.1 Å². The van der Waals surface area contributed by atoms with Crippen molar-refractivity contribution in [2.75, 3.05) is 51.6 Å². The summed E-state index contributed by atoms with van der Waals surface area (Å²) in [6.45, 7) is 6.13. The Kier molecular flexibility index (Phi) is 9.48. The van der Waals surface area contributed by atoms with Gasteiger partial charge in [0.2, 0.25) is 5.91 Å². The highest BCUT2D eigenvalue weighted by atomic mass is 16.2. The number of rotatable bonds is 8. The zero-order valence-corrected chi connectivity index (χ0v) is 22.4. The molecule has 2 aromatic rings. The van der Waals surface area contributed by atoms with E-state index in [4.69, 9.17) is 5.73 Å². The second-order valence-electron chi connectivity index (χ2n) is 10.1. The molecule has 1 saturated carbocycles. The number of piperazine rings is 1. The van der Waals surface area contributed by atoms with E-state index in [1.165, 1.54) is 10.1 Å². The van der Waals surface area contributed by atoms with E-state index in [2.05, 4.69) is 39.6 Å². The molecule has 0 radical (unpaired) electrons. The number of amides is 3. The molecule has 2 fully saturated rings. The minimum Gasteiger partial charge on any atom is -0.338 e. The Balaban J connectivity index is 1.32. The quantitative estimate of drug-likeness (QED) is 0.474. The summed E-state index contributed by atoms with van der Waals surface area (Å²) in [4.78, 5) is 47.3. The van der Waals surface area contributed by atoms with Gasteiger partial charge in [-0.2, -0.15) is 4.98 Å². The summed E-state index contributed by atoms with van der Waals surface area (Å²) >= 11 is 0. The van der Waals surface area contributed by atoms with Crippen molar-refractivity contribution in [3.8, 4) is 5.69 Å². The molecule has 11 nitrogen and oxygen atoms in total. The maximum atomic E-state index is 12.7. The van der Waals surface area contributed by atoms with Crippen molar-refractivity contribution in [3.05, 3.63) is 52.6 Å². The highest BCUT2D eigenvalue weighted by Crippen LogP contribution is 2.23. The van der Waals surface area contributed by atoms with Gasteiger partial charge < -0.3 is 20.9 Å². The van der Waals surface area contributed by atoms with Crippen molar-refractivity contribution in [2.45, 2.75) is 51.2 Å². The van der Waals surface area contributed by atoms with Crippen molar-refractivity contribution in [3.63, 3.8) is 0 Å². The fourth-order valence-corrected chi connectivity index (χ4v) is 5.24. The zero-order valence-electron chi connectivity index (χ0n) is 22.4. The maximum absolute atomic E-state index is 12.7. The molecule has 11 heteroatoms. The van der Waals surface area contributed by atoms with Crippen LogP contribution < -0.4 is 22.1 Å². The normalized spacial score (nSPS) is 20.0. The van der Waals surface area contributed by atoms with Crippen molar-refractivity contribution >= 4 is 17.8 Å². The third kappa shape index (κ3) is 6.97. The van der Waals surface area contributed by atoms with E-state index in [0.29, 0.717) is 38.3 Å². The van der Waals surface area contributed by atoms with Crippen LogP contribution in [0.15, 0.2) is 41.3 Å². The first-order chi connectivity index (χ1) is 18.4. The van der Waals surface area contributed by atoms with Gasteiger partial charge in [-0.25, -0.2) is 9.59 Å². The van der Waals surface area contributed by atoms with Crippen LogP contribution in [-0.2, 0) is 11.3 Å². The number of likely N-dealkylation sites (N-methyl/N-ethyl adjacent to an activating group) is 1. The smallest absolute Gasteiger partial charge is 0.338 e. The maximum Gasteiger partial charge on any atom is 0.354 e. The molecule has 1 aliphatic carbocycles. The Morgan fingerprint density at radius 1 is 1.03 bits per heavy atom. The minimum absolute atomic E-state index is 0.0166. The van der Waals surface area contributed by atoms with Crippen molar-refractivity contribution in [2.24, 2.45) is 5.73 Å². The fraction of sp³-hybridized carbons (Fsp3) is 0.556. The summed E-state index contributed by atoms with van der Waals surface area (Å²) in [5.41, 5.74) is 7.53. The van der Waals surface area contributed by atoms with Gasteiger partial charge in [-0.05, 0) is 63.0 Å². The Labute approximate surface area is 224 Å². The molecule has 1 aromatic carbocycles. The topological polar surface area (TPSA) is 129 Å². The largest absolute Gasteiger partial charge is 0.354 e. The molecule has 0 spiro atoms. The fourth-order valence-electron chi connectivity index (χ4n) is 5.24. The zero-order chi connectivity index (χ0) is 27.1. The third-order valence-corrected chi connectivity index (χ3v) is 7.55. The number of hydrogen-bond donors (Lipinski definition) is 3. The SMILES string of the molecule is CCN(Cc1ccc(-n2ccc(NC(=O)N3CCN(C(=O)CNC)CC3)nc2=O)cc1)[C@H]1CC[C@H](N)CC1. The number of benzene rings is 1. The van der Waals surface area contributed by atoms with Crippen LogP contribution in [0.4, 0.5) is 10.6 Å². The van der Waals surface area contributed by atoms with Crippen molar-refractivity contribution < 1.29 is 9.59 Å². The van der Waals surface area contributed by atoms with Crippen LogP contribution in [0.5, 0.6) is 0 Å². The molecule has 206 valence electrons. The Morgan fingerprint density at radius 2 is 1.68 bits per heavy atom. The van der Waals surface area contributed by atoms with Crippen LogP contribution in [0.1, 0.15) is 38.2 Å². The first-order valence-electron chi connectivity index (χ1n) is 13.5. The van der Waals surface area contributed by atoms with Gasteiger partial charge in [0.25, 0.3) is 0 Å². The number of anilines is 1. The first-order valence-corrected chi connectivity index (χ1v) is 13.5. The lowest BCUT2D eigenvalue weighted by molar-refractivity contribution is -0.131. The van der Waals surface area contributed by atoms with E-state index in [1.54, 1.807) is 29.1 Å². The number of nitrogens with zero attached hydrogens (tertiary/aromatic N) is 5. The first kappa shape index (κ1) is 27.7. The van der Waals surface area contributed by atoms with Gasteiger partial charge in [0.15, 0.2) is 0 Å². The Morgan fingerprint density at radius 3 is 2.29 bits per heavy atom. The third-order valence-electron chi connectivity index (χ3n) is 7.55. The molecular weight excluding hydrogens is 484 g/mol. The number of aromatic nitrogens is 2. The molecule has 1 saturated heterocycles. The summed E-state index contributed by atoms with van der Waals surface area (Å²) in [5.74, 6) is 0.218. The predicted molar refractivity (Wildman–Crippen MR) is 147 cm³/mol. The number of carbonyl (C=O) groups excluding carboxylic acids is 2. The van der Waals surface area contributed by atoms with E-state index in [-0.39, 0.29) is 24.3 Å². The van der Waals surface area contributed by atoms with E-state index >= 15 is 0 Å². The Hall–Kier alpha value is -3.28. The lowest BCUT2D eigenvalue weighted by Gasteiger charge is -2.35. The van der Waals surface area contributed by atoms with Crippen LogP contribution >= 0.6 is 0 Å². The molecule has 38 heavy (non-hydrogen) atoms. The molecule has 2 aliphatic rings. The highest BCUT2D eigenvalue weighted by Gasteiger charge is 2.25. The number of urea groups is 1. The second-order valence-corrected chi connectivity index (χ2v) is 10.1. The summed E-state index contributed by atoms with van der Waals surface area (Å²) in [7, 11) is 1.73. The van der Waals surface area contributed by atoms with Gasteiger partial charge in [-0.15, -0.1) is 0 Å².